The molecular formula is C14H18N4O. The van der Waals surface area contributed by atoms with Crippen LogP contribution in [0.15, 0.2) is 30.7 Å². The van der Waals surface area contributed by atoms with Gasteiger partial charge in [0.1, 0.15) is 0 Å². The smallest absolute Gasteiger partial charge is 0.253 e. The molecule has 5 nitrogen and oxygen atoms in total. The van der Waals surface area contributed by atoms with Gasteiger partial charge in [-0.1, -0.05) is 6.07 Å². The minimum absolute atomic E-state index is 0.0659. The highest BCUT2D eigenvalue weighted by Gasteiger charge is 2.10. The molecule has 100 valence electrons. The summed E-state index contributed by atoms with van der Waals surface area (Å²) in [5, 5.41) is 5.95. The first kappa shape index (κ1) is 13.1. The Labute approximate surface area is 112 Å². The Bertz CT molecular complexity index is 549. The standard InChI is InChI=1S/C14H18N4O/c1-10-3-4-12(13(7-10)15-2)14(19)17-6-5-11-8-16-9-18-11/h3-4,7-9,15H,5-6H2,1-2H3,(H,16,18)(H,17,19). The summed E-state index contributed by atoms with van der Waals surface area (Å²) in [7, 11) is 1.82. The first-order chi connectivity index (χ1) is 9.20. The number of aromatic amines is 1. The number of aromatic nitrogens is 2. The Morgan fingerprint density at radius 2 is 2.26 bits per heavy atom. The lowest BCUT2D eigenvalue weighted by Crippen LogP contribution is -2.26. The predicted octanol–water partition coefficient (Wildman–Crippen LogP) is 1.73. The molecule has 0 aliphatic rings. The van der Waals surface area contributed by atoms with Crippen LogP contribution in [0.25, 0.3) is 0 Å². The second-order valence-electron chi connectivity index (χ2n) is 4.38. The third kappa shape index (κ3) is 3.34. The summed E-state index contributed by atoms with van der Waals surface area (Å²) in [6.07, 6.45) is 4.14. The van der Waals surface area contributed by atoms with Gasteiger partial charge in [0.2, 0.25) is 0 Å². The van der Waals surface area contributed by atoms with Gasteiger partial charge in [0, 0.05) is 37.6 Å². The van der Waals surface area contributed by atoms with Crippen molar-refractivity contribution in [3.63, 3.8) is 0 Å². The second kappa shape index (κ2) is 6.04. The van der Waals surface area contributed by atoms with Crippen LogP contribution in [0.2, 0.25) is 0 Å². The van der Waals surface area contributed by atoms with Crippen molar-refractivity contribution in [2.24, 2.45) is 0 Å². The van der Waals surface area contributed by atoms with Gasteiger partial charge >= 0.3 is 0 Å². The number of benzene rings is 1. The van der Waals surface area contributed by atoms with E-state index in [1.54, 1.807) is 12.5 Å². The SMILES string of the molecule is CNc1cc(C)ccc1C(=O)NCCc1cnc[nH]1. The summed E-state index contributed by atoms with van der Waals surface area (Å²) < 4.78 is 0. The van der Waals surface area contributed by atoms with Crippen molar-refractivity contribution in [1.29, 1.82) is 0 Å². The lowest BCUT2D eigenvalue weighted by Gasteiger charge is -2.10. The molecule has 0 aliphatic heterocycles. The maximum atomic E-state index is 12.1. The monoisotopic (exact) mass is 258 g/mol. The van der Waals surface area contributed by atoms with Gasteiger partial charge in [-0.05, 0) is 24.6 Å². The number of hydrogen-bond donors (Lipinski definition) is 3. The molecule has 0 radical (unpaired) electrons. The van der Waals surface area contributed by atoms with Crippen LogP contribution in [-0.4, -0.2) is 29.5 Å². The molecule has 1 heterocycles. The zero-order valence-electron chi connectivity index (χ0n) is 11.2. The average molecular weight is 258 g/mol. The minimum atomic E-state index is -0.0659. The van der Waals surface area contributed by atoms with Gasteiger partial charge in [-0.25, -0.2) is 4.98 Å². The zero-order chi connectivity index (χ0) is 13.7. The molecule has 0 aliphatic carbocycles. The highest BCUT2D eigenvalue weighted by atomic mass is 16.1. The normalized spacial score (nSPS) is 10.2. The Morgan fingerprint density at radius 1 is 1.42 bits per heavy atom. The number of aryl methyl sites for hydroxylation is 1. The van der Waals surface area contributed by atoms with Gasteiger partial charge in [0.05, 0.1) is 11.9 Å². The molecule has 5 heteroatoms. The van der Waals surface area contributed by atoms with Crippen LogP contribution in [0.3, 0.4) is 0 Å². The Kier molecular flexibility index (Phi) is 4.18. The average Bonchev–Trinajstić information content (AvgIpc) is 2.91. The van der Waals surface area contributed by atoms with E-state index in [9.17, 15) is 4.79 Å². The zero-order valence-corrected chi connectivity index (χ0v) is 11.2. The molecule has 1 aromatic heterocycles. The number of nitrogens with one attached hydrogen (secondary N) is 3. The van der Waals surface area contributed by atoms with E-state index in [0.29, 0.717) is 12.1 Å². The second-order valence-corrected chi connectivity index (χ2v) is 4.38. The number of carbonyl (C=O) groups excluding carboxylic acids is 1. The summed E-state index contributed by atoms with van der Waals surface area (Å²) >= 11 is 0. The third-order valence-corrected chi connectivity index (χ3v) is 2.92. The quantitative estimate of drug-likeness (QED) is 0.765. The van der Waals surface area contributed by atoms with Crippen molar-refractivity contribution in [3.05, 3.63) is 47.5 Å². The van der Waals surface area contributed by atoms with Crippen molar-refractivity contribution < 1.29 is 4.79 Å². The Morgan fingerprint density at radius 3 is 2.95 bits per heavy atom. The molecule has 2 aromatic rings. The Hall–Kier alpha value is -2.30. The lowest BCUT2D eigenvalue weighted by atomic mass is 10.1. The predicted molar refractivity (Wildman–Crippen MR) is 75.4 cm³/mol. The number of carbonyl (C=O) groups is 1. The number of H-pyrrole nitrogens is 1. The largest absolute Gasteiger partial charge is 0.387 e. The van der Waals surface area contributed by atoms with E-state index in [1.807, 2.05) is 32.2 Å². The molecule has 0 unspecified atom stereocenters. The molecule has 1 aromatic carbocycles. The van der Waals surface area contributed by atoms with E-state index in [0.717, 1.165) is 23.4 Å². The van der Waals surface area contributed by atoms with Crippen LogP contribution in [0.5, 0.6) is 0 Å². The van der Waals surface area contributed by atoms with Gasteiger partial charge in [0.15, 0.2) is 0 Å². The summed E-state index contributed by atoms with van der Waals surface area (Å²) in [6.45, 7) is 2.58. The first-order valence-electron chi connectivity index (χ1n) is 6.24. The number of anilines is 1. The molecule has 0 spiro atoms. The van der Waals surface area contributed by atoms with Crippen LogP contribution in [0.4, 0.5) is 5.69 Å². The van der Waals surface area contributed by atoms with Crippen LogP contribution >= 0.6 is 0 Å². The molecule has 0 saturated heterocycles. The summed E-state index contributed by atoms with van der Waals surface area (Å²) in [5.41, 5.74) is 3.65. The number of rotatable bonds is 5. The third-order valence-electron chi connectivity index (χ3n) is 2.92. The topological polar surface area (TPSA) is 69.8 Å². The summed E-state index contributed by atoms with van der Waals surface area (Å²) in [5.74, 6) is -0.0659. The number of amides is 1. The van der Waals surface area contributed by atoms with Gasteiger partial charge in [-0.3, -0.25) is 4.79 Å². The van der Waals surface area contributed by atoms with E-state index < -0.39 is 0 Å². The highest BCUT2D eigenvalue weighted by Crippen LogP contribution is 2.16. The fourth-order valence-electron chi connectivity index (χ4n) is 1.89. The van der Waals surface area contributed by atoms with Gasteiger partial charge < -0.3 is 15.6 Å². The number of hydrogen-bond acceptors (Lipinski definition) is 3. The molecule has 0 atom stereocenters. The van der Waals surface area contributed by atoms with E-state index in [2.05, 4.69) is 20.6 Å². The van der Waals surface area contributed by atoms with Crippen LogP contribution in [0, 0.1) is 6.92 Å². The van der Waals surface area contributed by atoms with Crippen molar-refractivity contribution in [3.8, 4) is 0 Å². The molecule has 3 N–H and O–H groups in total. The molecule has 0 bridgehead atoms. The van der Waals surface area contributed by atoms with Crippen molar-refractivity contribution >= 4 is 11.6 Å². The minimum Gasteiger partial charge on any atom is -0.387 e. The van der Waals surface area contributed by atoms with Crippen molar-refractivity contribution in [2.45, 2.75) is 13.3 Å². The van der Waals surface area contributed by atoms with E-state index in [1.165, 1.54) is 0 Å². The Balaban J connectivity index is 1.96. The van der Waals surface area contributed by atoms with E-state index in [-0.39, 0.29) is 5.91 Å². The van der Waals surface area contributed by atoms with Gasteiger partial charge in [-0.2, -0.15) is 0 Å². The number of nitrogens with zero attached hydrogens (tertiary/aromatic N) is 1. The highest BCUT2D eigenvalue weighted by molar-refractivity contribution is 5.99. The van der Waals surface area contributed by atoms with Crippen LogP contribution in [0.1, 0.15) is 21.6 Å². The summed E-state index contributed by atoms with van der Waals surface area (Å²) in [6, 6.07) is 5.74. The maximum Gasteiger partial charge on any atom is 0.253 e. The van der Waals surface area contributed by atoms with Gasteiger partial charge in [0.25, 0.3) is 5.91 Å². The first-order valence-corrected chi connectivity index (χ1v) is 6.24. The summed E-state index contributed by atoms with van der Waals surface area (Å²) in [4.78, 5) is 19.0. The molecule has 0 fully saturated rings. The van der Waals surface area contributed by atoms with Gasteiger partial charge in [-0.15, -0.1) is 0 Å². The molecule has 2 rings (SSSR count). The van der Waals surface area contributed by atoms with E-state index in [4.69, 9.17) is 0 Å². The molecule has 19 heavy (non-hydrogen) atoms. The molecular weight excluding hydrogens is 240 g/mol. The molecule has 1 amide bonds. The fraction of sp³-hybridized carbons (Fsp3) is 0.286. The lowest BCUT2D eigenvalue weighted by molar-refractivity contribution is 0.0955. The van der Waals surface area contributed by atoms with Crippen LogP contribution < -0.4 is 10.6 Å². The van der Waals surface area contributed by atoms with E-state index >= 15 is 0 Å². The van der Waals surface area contributed by atoms with Crippen molar-refractivity contribution in [2.75, 3.05) is 18.9 Å². The number of imidazole rings is 1. The van der Waals surface area contributed by atoms with Crippen molar-refractivity contribution in [1.82, 2.24) is 15.3 Å². The maximum absolute atomic E-state index is 12.1. The van der Waals surface area contributed by atoms with Crippen LogP contribution in [-0.2, 0) is 6.42 Å². The fourth-order valence-corrected chi connectivity index (χ4v) is 1.89. The molecule has 0 saturated carbocycles.